The molecule has 1 unspecified atom stereocenters. The fourth-order valence-corrected chi connectivity index (χ4v) is 5.62. The van der Waals surface area contributed by atoms with E-state index in [-0.39, 0.29) is 84.2 Å². The van der Waals surface area contributed by atoms with Crippen molar-refractivity contribution in [2.75, 3.05) is 19.8 Å². The Kier molecular flexibility index (Phi) is 16.2. The van der Waals surface area contributed by atoms with Crippen LogP contribution in [0.1, 0.15) is 19.7 Å². The van der Waals surface area contributed by atoms with E-state index >= 15 is 0 Å². The molecule has 1 atom stereocenters. The third-order valence-corrected chi connectivity index (χ3v) is 7.90. The van der Waals surface area contributed by atoms with Crippen molar-refractivity contribution < 1.29 is 85.3 Å². The molecule has 0 radical (unpaired) electrons. The van der Waals surface area contributed by atoms with Gasteiger partial charge in [0.25, 0.3) is 0 Å². The molecule has 6 aromatic rings. The summed E-state index contributed by atoms with van der Waals surface area (Å²) in [5.74, 6) is 0. The Morgan fingerprint density at radius 1 is 0.844 bits per heavy atom. The number of aliphatic hydroxyl groups excluding tert-OH is 2. The van der Waals surface area contributed by atoms with Gasteiger partial charge in [0, 0.05) is 75.7 Å². The van der Waals surface area contributed by atoms with Crippen molar-refractivity contribution in [1.29, 1.82) is 0 Å². The van der Waals surface area contributed by atoms with Crippen LogP contribution in [0.5, 0.6) is 0 Å². The Hall–Kier alpha value is -2.33. The summed E-state index contributed by atoms with van der Waals surface area (Å²) >= 11 is 0. The second kappa shape index (κ2) is 18.7. The van der Waals surface area contributed by atoms with Crippen molar-refractivity contribution >= 4 is 43.1 Å². The maximum Gasteiger partial charge on any atom is 1.00 e. The van der Waals surface area contributed by atoms with E-state index in [2.05, 4.69) is 96.4 Å². The summed E-state index contributed by atoms with van der Waals surface area (Å²) in [7, 11) is 0.497. The van der Waals surface area contributed by atoms with E-state index < -0.39 is 10.4 Å². The molecule has 10 nitrogen and oxygen atoms in total. The number of hydrogen-bond donors (Lipinski definition) is 3. The van der Waals surface area contributed by atoms with Crippen LogP contribution in [0.3, 0.4) is 0 Å². The maximum atomic E-state index is 10.2. The minimum absolute atomic E-state index is 0. The predicted octanol–water partition coefficient (Wildman–Crippen LogP) is 2.33. The number of rotatable bonds is 4. The molecule has 0 amide bonds. The Morgan fingerprint density at radius 3 is 1.98 bits per heavy atom. The van der Waals surface area contributed by atoms with E-state index in [1.54, 1.807) is 6.92 Å². The average Bonchev–Trinajstić information content (AvgIpc) is 3.75. The quantitative estimate of drug-likeness (QED) is 0.245. The number of aryl methyl sites for hydroxylation is 2. The van der Waals surface area contributed by atoms with Crippen LogP contribution in [0.25, 0.3) is 32.7 Å². The first-order valence-corrected chi connectivity index (χ1v) is 15.4. The molecular weight excluding hydrogens is 622 g/mol. The summed E-state index contributed by atoms with van der Waals surface area (Å²) < 4.78 is 33.1. The van der Waals surface area contributed by atoms with Gasteiger partial charge < -0.3 is 29.8 Å². The van der Waals surface area contributed by atoms with E-state index in [4.69, 9.17) is 10.2 Å². The first kappa shape index (κ1) is 38.8. The summed E-state index contributed by atoms with van der Waals surface area (Å²) in [6, 6.07) is 31.0. The molecule has 0 bridgehead atoms. The summed E-state index contributed by atoms with van der Waals surface area (Å²) in [5, 5.41) is 21.3. The molecule has 1 fully saturated rings. The standard InChI is InChI=1S/C11H13NO.C10H11NO.C9H9N.C3H6O4S.K.H2O.H2/c1-12-10(6-7-13)8-9-4-2-3-5-11(9)12;12-6-5-9-7-8-3-1-2-4-10(8)11-9;1-10-7-6-8-4-2-3-5-9(8)10;1-3-2-6-8(4,5)7-3;;;/h2-5,8,13H,6-7H2,1H3;1-4,7,11-12H,5-6H2;2-7H,1H3;3H,2H2,1H3;;1H2;1H/q;;;;+1;;/p-1. The van der Waals surface area contributed by atoms with Gasteiger partial charge in [-0.3, -0.25) is 0 Å². The van der Waals surface area contributed by atoms with Crippen molar-refractivity contribution in [1.82, 2.24) is 14.1 Å². The number of H-pyrrole nitrogens is 1. The first-order valence-electron chi connectivity index (χ1n) is 14.1. The van der Waals surface area contributed by atoms with Crippen LogP contribution < -0.4 is 51.4 Å². The van der Waals surface area contributed by atoms with Gasteiger partial charge in [0.2, 0.25) is 0 Å². The molecule has 1 aliphatic heterocycles. The third kappa shape index (κ3) is 11.2. The van der Waals surface area contributed by atoms with Crippen LogP contribution >= 0.6 is 0 Å². The molecule has 4 N–H and O–H groups in total. The number of aromatic amines is 1. The molecule has 45 heavy (non-hydrogen) atoms. The first-order chi connectivity index (χ1) is 20.7. The van der Waals surface area contributed by atoms with Crippen LogP contribution in [0, 0.1) is 0 Å². The topological polar surface area (TPSA) is 149 Å². The molecule has 1 saturated heterocycles. The third-order valence-electron chi connectivity index (χ3n) is 6.91. The van der Waals surface area contributed by atoms with Gasteiger partial charge in [-0.05, 0) is 59.5 Å². The van der Waals surface area contributed by atoms with Gasteiger partial charge in [0.05, 0.1) is 6.61 Å². The molecule has 1 aliphatic rings. The zero-order valence-electron chi connectivity index (χ0n) is 26.1. The number of fused-ring (bicyclic) bond motifs is 3. The summed E-state index contributed by atoms with van der Waals surface area (Å²) in [6.45, 7) is 2.18. The van der Waals surface area contributed by atoms with E-state index in [0.717, 1.165) is 17.6 Å². The molecule has 12 heteroatoms. The fourth-order valence-electron chi connectivity index (χ4n) is 4.75. The number of aromatic nitrogens is 3. The van der Waals surface area contributed by atoms with Crippen LogP contribution in [0.4, 0.5) is 0 Å². The summed E-state index contributed by atoms with van der Waals surface area (Å²) in [6.07, 6.45) is 3.19. The van der Waals surface area contributed by atoms with Crippen LogP contribution in [0.15, 0.2) is 97.2 Å². The second-order valence-electron chi connectivity index (χ2n) is 10.2. The SMILES string of the molecule is CC1COS(=O)(=O)O1.Cn1c(CCO)cc2ccccc21.Cn1ccc2ccccc21.OCCc1cc2ccccc2[nH]1.[HH].[K+].[OH-]. The normalized spacial score (nSPS) is 14.6. The monoisotopic (exact) mass is 663 g/mol. The summed E-state index contributed by atoms with van der Waals surface area (Å²) in [5.41, 5.74) is 5.94. The van der Waals surface area contributed by atoms with Crippen molar-refractivity contribution in [2.45, 2.75) is 25.9 Å². The molecule has 0 spiro atoms. The van der Waals surface area contributed by atoms with Crippen molar-refractivity contribution in [2.24, 2.45) is 14.1 Å². The zero-order chi connectivity index (χ0) is 30.8. The smallest absolute Gasteiger partial charge is 0.870 e. The minimum atomic E-state index is -3.60. The van der Waals surface area contributed by atoms with Crippen LogP contribution in [-0.4, -0.2) is 64.1 Å². The van der Waals surface area contributed by atoms with Crippen molar-refractivity contribution in [3.63, 3.8) is 0 Å². The van der Waals surface area contributed by atoms with E-state index in [9.17, 15) is 8.42 Å². The van der Waals surface area contributed by atoms with Gasteiger partial charge in [-0.2, -0.15) is 8.42 Å². The minimum Gasteiger partial charge on any atom is -0.870 e. The molecule has 4 heterocycles. The Bertz CT molecular complexity index is 1840. The van der Waals surface area contributed by atoms with Gasteiger partial charge in [0.1, 0.15) is 6.10 Å². The second-order valence-corrected chi connectivity index (χ2v) is 11.4. The zero-order valence-corrected chi connectivity index (χ0v) is 30.1. The number of hydrogen-bond acceptors (Lipinski definition) is 7. The number of benzene rings is 3. The Labute approximate surface area is 308 Å². The van der Waals surface area contributed by atoms with Gasteiger partial charge in [0.15, 0.2) is 0 Å². The number of nitrogens with one attached hydrogen (secondary N) is 1. The molecule has 0 aliphatic carbocycles. The number of aliphatic hydroxyl groups is 2. The van der Waals surface area contributed by atoms with Gasteiger partial charge in [-0.15, -0.1) is 0 Å². The van der Waals surface area contributed by atoms with Gasteiger partial charge >= 0.3 is 61.8 Å². The summed E-state index contributed by atoms with van der Waals surface area (Å²) in [4.78, 5) is 3.24. The molecule has 238 valence electrons. The van der Waals surface area contributed by atoms with E-state index in [1.807, 2.05) is 37.4 Å². The largest absolute Gasteiger partial charge is 1.00 e. The van der Waals surface area contributed by atoms with E-state index in [0.29, 0.717) is 6.42 Å². The van der Waals surface area contributed by atoms with Crippen molar-refractivity contribution in [3.8, 4) is 0 Å². The van der Waals surface area contributed by atoms with Gasteiger partial charge in [-0.25, -0.2) is 8.37 Å². The number of para-hydroxylation sites is 3. The fraction of sp³-hybridized carbons (Fsp3) is 0.273. The molecule has 0 saturated carbocycles. The maximum absolute atomic E-state index is 10.2. The molecule has 7 rings (SSSR count). The predicted molar refractivity (Wildman–Crippen MR) is 175 cm³/mol. The van der Waals surface area contributed by atoms with Crippen LogP contribution in [-0.2, 0) is 45.7 Å². The number of nitrogens with zero attached hydrogens (tertiary/aromatic N) is 2. The van der Waals surface area contributed by atoms with Gasteiger partial charge in [-0.1, -0.05) is 54.6 Å². The van der Waals surface area contributed by atoms with Crippen molar-refractivity contribution in [3.05, 3.63) is 109 Å². The molecule has 3 aromatic heterocycles. The van der Waals surface area contributed by atoms with Crippen LogP contribution in [0.2, 0.25) is 0 Å². The average molecular weight is 664 g/mol. The van der Waals surface area contributed by atoms with E-state index in [1.165, 1.54) is 32.9 Å². The molecular formula is C33H42KN3O7S. The Morgan fingerprint density at radius 2 is 1.44 bits per heavy atom. The Balaban J connectivity index is 0.000000304. The molecule has 3 aromatic carbocycles.